The van der Waals surface area contributed by atoms with Crippen molar-refractivity contribution in [1.29, 1.82) is 0 Å². The van der Waals surface area contributed by atoms with Gasteiger partial charge in [0.25, 0.3) is 0 Å². The van der Waals surface area contributed by atoms with Crippen molar-refractivity contribution in [2.75, 3.05) is 25.2 Å². The molecule has 0 saturated heterocycles. The molecule has 1 heterocycles. The van der Waals surface area contributed by atoms with E-state index in [1.54, 1.807) is 12.1 Å². The Kier molecular flexibility index (Phi) is 6.48. The molecule has 0 saturated carbocycles. The number of hydrogen-bond acceptors (Lipinski definition) is 8. The summed E-state index contributed by atoms with van der Waals surface area (Å²) in [4.78, 5) is 4.57. The van der Waals surface area contributed by atoms with Crippen molar-refractivity contribution < 1.29 is 22.8 Å². The fourth-order valence-corrected chi connectivity index (χ4v) is 4.54. The van der Waals surface area contributed by atoms with E-state index in [1.165, 1.54) is 6.26 Å². The lowest BCUT2D eigenvalue weighted by Gasteiger charge is -2.14. The van der Waals surface area contributed by atoms with Crippen molar-refractivity contribution in [3.63, 3.8) is 0 Å². The van der Waals surface area contributed by atoms with E-state index in [1.807, 2.05) is 25.1 Å². The molecule has 2 aromatic carbocycles. The first-order valence-electron chi connectivity index (χ1n) is 10.6. The van der Waals surface area contributed by atoms with Crippen LogP contribution in [0.4, 0.5) is 0 Å². The lowest BCUT2D eigenvalue weighted by atomic mass is 10.0. The van der Waals surface area contributed by atoms with Gasteiger partial charge in [-0.25, -0.2) is 8.42 Å². The van der Waals surface area contributed by atoms with Crippen LogP contribution in [0.1, 0.15) is 42.0 Å². The first kappa shape index (κ1) is 22.3. The number of rotatable bonds is 9. The predicted molar refractivity (Wildman–Crippen MR) is 121 cm³/mol. The highest BCUT2D eigenvalue weighted by atomic mass is 32.2. The van der Waals surface area contributed by atoms with Crippen LogP contribution in [0.5, 0.6) is 11.5 Å². The molecular formula is C23H27N3O5S. The summed E-state index contributed by atoms with van der Waals surface area (Å²) in [5.74, 6) is 1.64. The Morgan fingerprint density at radius 2 is 2.12 bits per heavy atom. The van der Waals surface area contributed by atoms with Crippen molar-refractivity contribution in [3.05, 3.63) is 59.0 Å². The number of phenolic OH excluding ortho intramolecular Hbond substituents is 1. The molecule has 1 aromatic heterocycles. The molecule has 1 atom stereocenters. The molecule has 0 amide bonds. The average molecular weight is 458 g/mol. The van der Waals surface area contributed by atoms with Gasteiger partial charge in [0.05, 0.1) is 18.8 Å². The third-order valence-corrected chi connectivity index (χ3v) is 6.47. The van der Waals surface area contributed by atoms with Crippen molar-refractivity contribution in [1.82, 2.24) is 15.5 Å². The van der Waals surface area contributed by atoms with Crippen molar-refractivity contribution >= 4 is 9.84 Å². The Morgan fingerprint density at radius 1 is 1.28 bits per heavy atom. The Balaban J connectivity index is 1.49. The van der Waals surface area contributed by atoms with Crippen molar-refractivity contribution in [2.24, 2.45) is 0 Å². The minimum Gasteiger partial charge on any atom is -0.504 e. The van der Waals surface area contributed by atoms with Gasteiger partial charge in [-0.05, 0) is 48.6 Å². The lowest BCUT2D eigenvalue weighted by Crippen LogP contribution is -2.25. The number of aromatic hydroxyl groups is 1. The molecule has 1 aliphatic rings. The summed E-state index contributed by atoms with van der Waals surface area (Å²) in [5.41, 5.74) is 4.09. The summed E-state index contributed by atoms with van der Waals surface area (Å²) < 4.78 is 33.6. The van der Waals surface area contributed by atoms with Gasteiger partial charge >= 0.3 is 0 Å². The van der Waals surface area contributed by atoms with E-state index < -0.39 is 9.84 Å². The number of nitrogens with zero attached hydrogens (tertiary/aromatic N) is 2. The van der Waals surface area contributed by atoms with Crippen LogP contribution in [-0.4, -0.2) is 48.8 Å². The van der Waals surface area contributed by atoms with Gasteiger partial charge in [0.15, 0.2) is 11.5 Å². The minimum atomic E-state index is -2.99. The highest BCUT2D eigenvalue weighted by Crippen LogP contribution is 2.37. The molecule has 3 aromatic rings. The van der Waals surface area contributed by atoms with E-state index in [4.69, 9.17) is 9.26 Å². The monoisotopic (exact) mass is 457 g/mol. The van der Waals surface area contributed by atoms with Crippen LogP contribution in [0.3, 0.4) is 0 Å². The number of benzene rings is 2. The maximum atomic E-state index is 11.4. The van der Waals surface area contributed by atoms with Crippen LogP contribution in [0.15, 0.2) is 40.9 Å². The molecule has 2 N–H and O–H groups in total. The van der Waals surface area contributed by atoms with Gasteiger partial charge in [-0.1, -0.05) is 29.4 Å². The number of sulfone groups is 1. The molecule has 32 heavy (non-hydrogen) atoms. The van der Waals surface area contributed by atoms with Gasteiger partial charge in [-0.2, -0.15) is 4.98 Å². The standard InChI is InChI=1S/C23H27N3O5S/c1-3-30-21-10-7-15(13-20(21)27)14-22-25-23(26-31-22)18-6-4-5-17-16(18)8-9-19(17)24-11-12-32(2,28)29/h4-7,10,13,19,24,27H,3,8-9,11-12,14H2,1-2H3. The molecule has 0 spiro atoms. The molecule has 4 rings (SSSR count). The Bertz CT molecular complexity index is 1210. The number of nitrogens with one attached hydrogen (secondary N) is 1. The number of phenols is 1. The normalized spacial score (nSPS) is 15.6. The predicted octanol–water partition coefficient (Wildman–Crippen LogP) is 3.05. The van der Waals surface area contributed by atoms with E-state index in [-0.39, 0.29) is 17.5 Å². The summed E-state index contributed by atoms with van der Waals surface area (Å²) in [6.45, 7) is 2.77. The zero-order valence-corrected chi connectivity index (χ0v) is 19.0. The van der Waals surface area contributed by atoms with Gasteiger partial charge in [-0.15, -0.1) is 0 Å². The third kappa shape index (κ3) is 5.11. The summed E-state index contributed by atoms with van der Waals surface area (Å²) in [6.07, 6.45) is 3.40. The first-order valence-corrected chi connectivity index (χ1v) is 12.7. The molecule has 0 fully saturated rings. The van der Waals surface area contributed by atoms with Gasteiger partial charge in [-0.3, -0.25) is 0 Å². The lowest BCUT2D eigenvalue weighted by molar-refractivity contribution is 0.318. The van der Waals surface area contributed by atoms with Crippen LogP contribution < -0.4 is 10.1 Å². The van der Waals surface area contributed by atoms with Crippen LogP contribution >= 0.6 is 0 Å². The summed E-state index contributed by atoms with van der Waals surface area (Å²) in [7, 11) is -2.99. The van der Waals surface area contributed by atoms with Crippen LogP contribution in [-0.2, 0) is 22.7 Å². The highest BCUT2D eigenvalue weighted by Gasteiger charge is 2.26. The van der Waals surface area contributed by atoms with Gasteiger partial charge in [0.1, 0.15) is 9.84 Å². The number of hydrogen-bond donors (Lipinski definition) is 2. The molecule has 0 aliphatic heterocycles. The van der Waals surface area contributed by atoms with Gasteiger partial charge in [0.2, 0.25) is 11.7 Å². The maximum Gasteiger partial charge on any atom is 0.231 e. The third-order valence-electron chi connectivity index (χ3n) is 5.52. The van der Waals surface area contributed by atoms with Gasteiger partial charge < -0.3 is 19.7 Å². The topological polar surface area (TPSA) is 115 Å². The molecule has 9 heteroatoms. The quantitative estimate of drug-likeness (QED) is 0.504. The average Bonchev–Trinajstić information content (AvgIpc) is 3.36. The molecule has 170 valence electrons. The highest BCUT2D eigenvalue weighted by molar-refractivity contribution is 7.90. The largest absolute Gasteiger partial charge is 0.504 e. The molecule has 8 nitrogen and oxygen atoms in total. The number of ether oxygens (including phenoxy) is 1. The summed E-state index contributed by atoms with van der Waals surface area (Å²) >= 11 is 0. The van der Waals surface area contributed by atoms with E-state index >= 15 is 0 Å². The molecule has 1 aliphatic carbocycles. The molecule has 1 unspecified atom stereocenters. The van der Waals surface area contributed by atoms with Gasteiger partial charge in [0, 0.05) is 24.4 Å². The Hall–Kier alpha value is -2.91. The summed E-state index contributed by atoms with van der Waals surface area (Å²) in [5, 5.41) is 17.6. The minimum absolute atomic E-state index is 0.0828. The van der Waals surface area contributed by atoms with Crippen LogP contribution in [0.25, 0.3) is 11.4 Å². The SMILES string of the molecule is CCOc1ccc(Cc2nc(-c3cccc4c3CCC4NCCS(C)(=O)=O)no2)cc1O. The molecular weight excluding hydrogens is 430 g/mol. The smallest absolute Gasteiger partial charge is 0.231 e. The van der Waals surface area contributed by atoms with Crippen LogP contribution in [0.2, 0.25) is 0 Å². The van der Waals surface area contributed by atoms with Crippen molar-refractivity contribution in [2.45, 2.75) is 32.2 Å². The number of aromatic nitrogens is 2. The summed E-state index contributed by atoms with van der Waals surface area (Å²) in [6, 6.07) is 11.4. The molecule has 0 bridgehead atoms. The van der Waals surface area contributed by atoms with Crippen LogP contribution in [0, 0.1) is 0 Å². The Labute approximate surface area is 187 Å². The second-order valence-corrected chi connectivity index (χ2v) is 10.2. The fourth-order valence-electron chi connectivity index (χ4n) is 4.06. The fraction of sp³-hybridized carbons (Fsp3) is 0.391. The maximum absolute atomic E-state index is 11.4. The Morgan fingerprint density at radius 3 is 2.88 bits per heavy atom. The zero-order valence-electron chi connectivity index (χ0n) is 18.2. The number of fused-ring (bicyclic) bond motifs is 1. The van der Waals surface area contributed by atoms with E-state index in [0.29, 0.717) is 37.0 Å². The first-order chi connectivity index (χ1) is 15.3. The second-order valence-electron chi connectivity index (χ2n) is 7.97. The molecule has 0 radical (unpaired) electrons. The van der Waals surface area contributed by atoms with Crippen molar-refractivity contribution in [3.8, 4) is 22.9 Å². The van der Waals surface area contributed by atoms with E-state index in [0.717, 1.165) is 35.1 Å². The second kappa shape index (κ2) is 9.30. The zero-order chi connectivity index (χ0) is 22.7. The van der Waals surface area contributed by atoms with E-state index in [2.05, 4.69) is 21.5 Å². The van der Waals surface area contributed by atoms with E-state index in [9.17, 15) is 13.5 Å².